The molecule has 1 amide bonds. The van der Waals surface area contributed by atoms with Gasteiger partial charge in [0.15, 0.2) is 11.5 Å². The van der Waals surface area contributed by atoms with E-state index in [4.69, 9.17) is 16.3 Å². The van der Waals surface area contributed by atoms with Crippen molar-refractivity contribution >= 4 is 23.3 Å². The van der Waals surface area contributed by atoms with Gasteiger partial charge in [0.1, 0.15) is 0 Å². The van der Waals surface area contributed by atoms with E-state index in [1.165, 1.54) is 0 Å². The van der Waals surface area contributed by atoms with Gasteiger partial charge in [0.2, 0.25) is 0 Å². The van der Waals surface area contributed by atoms with Crippen LogP contribution in [-0.4, -0.2) is 63.8 Å². The second kappa shape index (κ2) is 7.04. The van der Waals surface area contributed by atoms with Gasteiger partial charge in [-0.25, -0.2) is 9.97 Å². The Labute approximate surface area is 145 Å². The SMILES string of the molecule is COc1nccnc1N1CCCN(C(=O)c2nn(C)cc2Cl)CC1. The Hall–Kier alpha value is -2.35. The van der Waals surface area contributed by atoms with Crippen LogP contribution >= 0.6 is 11.6 Å². The van der Waals surface area contributed by atoms with E-state index in [2.05, 4.69) is 20.0 Å². The third kappa shape index (κ3) is 3.28. The van der Waals surface area contributed by atoms with Crippen LogP contribution in [0.5, 0.6) is 5.88 Å². The molecule has 1 aliphatic rings. The summed E-state index contributed by atoms with van der Waals surface area (Å²) in [6.07, 6.45) is 5.68. The molecule has 0 bridgehead atoms. The molecule has 0 saturated carbocycles. The van der Waals surface area contributed by atoms with Gasteiger partial charge >= 0.3 is 0 Å². The van der Waals surface area contributed by atoms with Gasteiger partial charge in [-0.3, -0.25) is 9.48 Å². The van der Waals surface area contributed by atoms with Crippen LogP contribution in [0.1, 0.15) is 16.9 Å². The smallest absolute Gasteiger partial charge is 0.275 e. The van der Waals surface area contributed by atoms with Gasteiger partial charge in [0.25, 0.3) is 11.8 Å². The molecule has 9 heteroatoms. The normalized spacial score (nSPS) is 15.3. The monoisotopic (exact) mass is 350 g/mol. The quantitative estimate of drug-likeness (QED) is 0.828. The van der Waals surface area contributed by atoms with E-state index < -0.39 is 0 Å². The number of carbonyl (C=O) groups is 1. The number of halogens is 1. The fraction of sp³-hybridized carbons (Fsp3) is 0.467. The summed E-state index contributed by atoms with van der Waals surface area (Å²) in [5, 5.41) is 4.53. The van der Waals surface area contributed by atoms with Gasteiger partial charge in [0.05, 0.1) is 12.1 Å². The van der Waals surface area contributed by atoms with Crippen LogP contribution in [0, 0.1) is 0 Å². The number of ether oxygens (including phenoxy) is 1. The molecule has 2 aromatic rings. The fourth-order valence-electron chi connectivity index (χ4n) is 2.77. The van der Waals surface area contributed by atoms with E-state index in [1.54, 1.807) is 42.3 Å². The molecule has 1 saturated heterocycles. The molecule has 128 valence electrons. The molecular weight excluding hydrogens is 332 g/mol. The van der Waals surface area contributed by atoms with E-state index >= 15 is 0 Å². The number of nitrogens with zero attached hydrogens (tertiary/aromatic N) is 6. The summed E-state index contributed by atoms with van der Waals surface area (Å²) in [6, 6.07) is 0. The van der Waals surface area contributed by atoms with E-state index in [0.29, 0.717) is 42.0 Å². The lowest BCUT2D eigenvalue weighted by molar-refractivity contribution is 0.0760. The number of aryl methyl sites for hydroxylation is 1. The number of hydrogen-bond donors (Lipinski definition) is 0. The number of methoxy groups -OCH3 is 1. The van der Waals surface area contributed by atoms with Crippen LogP contribution in [0.3, 0.4) is 0 Å². The largest absolute Gasteiger partial charge is 0.478 e. The van der Waals surface area contributed by atoms with Crippen LogP contribution < -0.4 is 9.64 Å². The first-order chi connectivity index (χ1) is 11.6. The average molecular weight is 351 g/mol. The number of hydrogen-bond acceptors (Lipinski definition) is 6. The second-order valence-corrected chi connectivity index (χ2v) is 5.93. The highest BCUT2D eigenvalue weighted by molar-refractivity contribution is 6.33. The lowest BCUT2D eigenvalue weighted by Crippen LogP contribution is -2.36. The van der Waals surface area contributed by atoms with Gasteiger partial charge in [-0.15, -0.1) is 0 Å². The minimum atomic E-state index is -0.145. The molecule has 0 unspecified atom stereocenters. The molecule has 0 aromatic carbocycles. The number of aromatic nitrogens is 4. The Bertz CT molecular complexity index is 735. The number of anilines is 1. The molecule has 24 heavy (non-hydrogen) atoms. The van der Waals surface area contributed by atoms with Gasteiger partial charge in [-0.2, -0.15) is 5.10 Å². The second-order valence-electron chi connectivity index (χ2n) is 5.52. The first-order valence-corrected chi connectivity index (χ1v) is 8.06. The van der Waals surface area contributed by atoms with Gasteiger partial charge in [0, 0.05) is 51.8 Å². The van der Waals surface area contributed by atoms with Gasteiger partial charge in [-0.05, 0) is 6.42 Å². The van der Waals surface area contributed by atoms with Crippen LogP contribution in [-0.2, 0) is 7.05 Å². The van der Waals surface area contributed by atoms with E-state index in [0.717, 1.165) is 13.0 Å². The summed E-state index contributed by atoms with van der Waals surface area (Å²) in [7, 11) is 3.32. The highest BCUT2D eigenvalue weighted by atomic mass is 35.5. The first kappa shape index (κ1) is 16.5. The Morgan fingerprint density at radius 3 is 2.71 bits per heavy atom. The maximum absolute atomic E-state index is 12.6. The summed E-state index contributed by atoms with van der Waals surface area (Å²) in [5.41, 5.74) is 0.296. The zero-order valence-corrected chi connectivity index (χ0v) is 14.4. The van der Waals surface area contributed by atoms with Gasteiger partial charge < -0.3 is 14.5 Å². The zero-order valence-electron chi connectivity index (χ0n) is 13.6. The van der Waals surface area contributed by atoms with E-state index in [-0.39, 0.29) is 5.91 Å². The molecule has 0 spiro atoms. The number of carbonyl (C=O) groups excluding carboxylic acids is 1. The maximum Gasteiger partial charge on any atom is 0.275 e. The molecule has 0 aliphatic carbocycles. The van der Waals surface area contributed by atoms with Gasteiger partial charge in [-0.1, -0.05) is 11.6 Å². The van der Waals surface area contributed by atoms with Crippen LogP contribution in [0.4, 0.5) is 5.82 Å². The number of rotatable bonds is 3. The molecule has 1 aliphatic heterocycles. The third-order valence-corrected chi connectivity index (χ3v) is 4.19. The molecule has 0 atom stereocenters. The van der Waals surface area contributed by atoms with Crippen molar-refractivity contribution in [3.05, 3.63) is 29.3 Å². The van der Waals surface area contributed by atoms with Crippen molar-refractivity contribution in [2.45, 2.75) is 6.42 Å². The fourth-order valence-corrected chi connectivity index (χ4v) is 3.03. The topological polar surface area (TPSA) is 76.4 Å². The van der Waals surface area contributed by atoms with E-state index in [1.807, 2.05) is 0 Å². The molecule has 0 N–H and O–H groups in total. The Morgan fingerprint density at radius 2 is 2.00 bits per heavy atom. The summed E-state index contributed by atoms with van der Waals surface area (Å²) < 4.78 is 6.82. The predicted octanol–water partition coefficient (Wildman–Crippen LogP) is 1.22. The highest BCUT2D eigenvalue weighted by Crippen LogP contribution is 2.24. The molecule has 2 aromatic heterocycles. The van der Waals surface area contributed by atoms with Crippen molar-refractivity contribution in [1.29, 1.82) is 0 Å². The van der Waals surface area contributed by atoms with Crippen LogP contribution in [0.25, 0.3) is 0 Å². The Morgan fingerprint density at radius 1 is 1.21 bits per heavy atom. The summed E-state index contributed by atoms with van der Waals surface area (Å²) in [6.45, 7) is 2.62. The van der Waals surface area contributed by atoms with Crippen molar-refractivity contribution in [1.82, 2.24) is 24.6 Å². The lowest BCUT2D eigenvalue weighted by Gasteiger charge is -2.23. The summed E-state index contributed by atoms with van der Waals surface area (Å²) >= 11 is 6.09. The van der Waals surface area contributed by atoms with E-state index in [9.17, 15) is 4.79 Å². The number of amides is 1. The van der Waals surface area contributed by atoms with Crippen molar-refractivity contribution < 1.29 is 9.53 Å². The molecule has 0 radical (unpaired) electrons. The maximum atomic E-state index is 12.6. The average Bonchev–Trinajstić information content (AvgIpc) is 2.79. The summed E-state index contributed by atoms with van der Waals surface area (Å²) in [5.74, 6) is 1.05. The molecule has 8 nitrogen and oxygen atoms in total. The first-order valence-electron chi connectivity index (χ1n) is 7.68. The molecule has 1 fully saturated rings. The lowest BCUT2D eigenvalue weighted by atomic mass is 10.3. The predicted molar refractivity (Wildman–Crippen MR) is 89.5 cm³/mol. The third-order valence-electron chi connectivity index (χ3n) is 3.91. The zero-order chi connectivity index (χ0) is 17.1. The molecular formula is C15H19ClN6O2. The minimum absolute atomic E-state index is 0.145. The van der Waals surface area contributed by atoms with Crippen LogP contribution in [0.2, 0.25) is 5.02 Å². The minimum Gasteiger partial charge on any atom is -0.478 e. The molecule has 3 rings (SSSR count). The highest BCUT2D eigenvalue weighted by Gasteiger charge is 2.25. The van der Waals surface area contributed by atoms with Crippen molar-refractivity contribution in [3.8, 4) is 5.88 Å². The standard InChI is InChI=1S/C15H19ClN6O2/c1-20-10-11(16)12(19-20)15(23)22-7-3-6-21(8-9-22)13-14(24-2)18-5-4-17-13/h4-5,10H,3,6-9H2,1-2H3. The molecule has 3 heterocycles. The Balaban J connectivity index is 1.73. The van der Waals surface area contributed by atoms with Crippen molar-refractivity contribution in [2.24, 2.45) is 7.05 Å². The summed E-state index contributed by atoms with van der Waals surface area (Å²) in [4.78, 5) is 25.0. The van der Waals surface area contributed by atoms with Crippen molar-refractivity contribution in [2.75, 3.05) is 38.2 Å². The van der Waals surface area contributed by atoms with Crippen molar-refractivity contribution in [3.63, 3.8) is 0 Å². The Kier molecular flexibility index (Phi) is 4.84. The van der Waals surface area contributed by atoms with Crippen LogP contribution in [0.15, 0.2) is 18.6 Å².